The van der Waals surface area contributed by atoms with Gasteiger partial charge < -0.3 is 20.7 Å². The van der Waals surface area contributed by atoms with E-state index >= 15 is 0 Å². The third-order valence-corrected chi connectivity index (χ3v) is 3.41. The smallest absolute Gasteiger partial charge is 0.243 e. The first-order chi connectivity index (χ1) is 10.6. The summed E-state index contributed by atoms with van der Waals surface area (Å²) >= 11 is 0. The number of nitrogens with one attached hydrogen (secondary N) is 1. The molecule has 0 saturated carbocycles. The second-order valence-corrected chi connectivity index (χ2v) is 5.05. The lowest BCUT2D eigenvalue weighted by atomic mass is 10.2. The van der Waals surface area contributed by atoms with Crippen LogP contribution in [-0.2, 0) is 4.79 Å². The van der Waals surface area contributed by atoms with Gasteiger partial charge in [0.1, 0.15) is 18.2 Å². The van der Waals surface area contributed by atoms with Crippen LogP contribution in [0.5, 0.6) is 5.75 Å². The van der Waals surface area contributed by atoms with Crippen molar-refractivity contribution in [3.8, 4) is 5.75 Å². The second kappa shape index (κ2) is 5.93. The second-order valence-electron chi connectivity index (χ2n) is 5.05. The summed E-state index contributed by atoms with van der Waals surface area (Å²) in [6.45, 7) is 1.31. The Balaban J connectivity index is 1.69. The van der Waals surface area contributed by atoms with Crippen molar-refractivity contribution >= 4 is 23.0 Å². The van der Waals surface area contributed by atoms with Gasteiger partial charge in [-0.3, -0.25) is 4.79 Å². The van der Waals surface area contributed by atoms with Gasteiger partial charge in [-0.1, -0.05) is 0 Å². The molecule has 6 heteroatoms. The fourth-order valence-corrected chi connectivity index (χ4v) is 2.37. The molecule has 1 aliphatic rings. The molecule has 0 spiro atoms. The number of benzene rings is 2. The first-order valence-electron chi connectivity index (χ1n) is 6.94. The highest BCUT2D eigenvalue weighted by Gasteiger charge is 2.20. The quantitative estimate of drug-likeness (QED) is 0.853. The number of anilines is 3. The zero-order valence-electron chi connectivity index (χ0n) is 11.9. The monoisotopic (exact) mass is 301 g/mol. The average Bonchev–Trinajstić information content (AvgIpc) is 2.49. The number of halogens is 1. The van der Waals surface area contributed by atoms with Gasteiger partial charge in [0.2, 0.25) is 5.91 Å². The van der Waals surface area contributed by atoms with E-state index in [4.69, 9.17) is 10.5 Å². The van der Waals surface area contributed by atoms with Crippen LogP contribution < -0.4 is 20.7 Å². The average molecular weight is 301 g/mol. The Labute approximate surface area is 127 Å². The summed E-state index contributed by atoms with van der Waals surface area (Å²) in [5.41, 5.74) is 7.77. The normalized spacial score (nSPS) is 13.2. The van der Waals surface area contributed by atoms with Gasteiger partial charge in [-0.15, -0.1) is 0 Å². The van der Waals surface area contributed by atoms with Crippen LogP contribution >= 0.6 is 0 Å². The molecule has 2 aromatic carbocycles. The number of carbonyl (C=O) groups excluding carboxylic acids is 1. The summed E-state index contributed by atoms with van der Waals surface area (Å²) in [6.07, 6.45) is 0. The SMILES string of the molecule is Nc1ccc2c(c1)OCCN2CC(=O)Nc1ccc(F)cc1. The minimum absolute atomic E-state index is 0.170. The number of rotatable bonds is 3. The number of amides is 1. The highest BCUT2D eigenvalue weighted by atomic mass is 19.1. The van der Waals surface area contributed by atoms with Crippen molar-refractivity contribution in [1.82, 2.24) is 0 Å². The Bertz CT molecular complexity index is 688. The molecule has 0 radical (unpaired) electrons. The number of hydrogen-bond acceptors (Lipinski definition) is 4. The Morgan fingerprint density at radius 1 is 1.27 bits per heavy atom. The summed E-state index contributed by atoms with van der Waals surface area (Å²) in [7, 11) is 0. The summed E-state index contributed by atoms with van der Waals surface area (Å²) in [4.78, 5) is 14.1. The maximum absolute atomic E-state index is 12.8. The molecular formula is C16H16FN3O2. The lowest BCUT2D eigenvalue weighted by Crippen LogP contribution is -2.38. The summed E-state index contributed by atoms with van der Waals surface area (Å²) in [6, 6.07) is 11.0. The Morgan fingerprint density at radius 2 is 2.05 bits per heavy atom. The Morgan fingerprint density at radius 3 is 2.82 bits per heavy atom. The van der Waals surface area contributed by atoms with Crippen molar-refractivity contribution in [2.75, 3.05) is 35.6 Å². The molecule has 0 aromatic heterocycles. The lowest BCUT2D eigenvalue weighted by molar-refractivity contribution is -0.115. The van der Waals surface area contributed by atoms with Gasteiger partial charge in [0.05, 0.1) is 18.8 Å². The predicted molar refractivity (Wildman–Crippen MR) is 83.6 cm³/mol. The van der Waals surface area contributed by atoms with Crippen molar-refractivity contribution in [2.45, 2.75) is 0 Å². The van der Waals surface area contributed by atoms with E-state index < -0.39 is 0 Å². The van der Waals surface area contributed by atoms with Gasteiger partial charge in [0, 0.05) is 17.4 Å². The van der Waals surface area contributed by atoms with Crippen LogP contribution in [0.4, 0.5) is 21.5 Å². The van der Waals surface area contributed by atoms with E-state index in [0.29, 0.717) is 30.3 Å². The fraction of sp³-hybridized carbons (Fsp3) is 0.188. The standard InChI is InChI=1S/C16H16FN3O2/c17-11-1-4-13(5-2-11)19-16(21)10-20-7-8-22-15-9-12(18)3-6-14(15)20/h1-6,9H,7-8,10,18H2,(H,19,21). The van der Waals surface area contributed by atoms with Crippen molar-refractivity contribution in [2.24, 2.45) is 0 Å². The highest BCUT2D eigenvalue weighted by Crippen LogP contribution is 2.33. The van der Waals surface area contributed by atoms with Crippen LogP contribution in [0.25, 0.3) is 0 Å². The molecule has 1 heterocycles. The molecule has 0 bridgehead atoms. The molecule has 2 aromatic rings. The largest absolute Gasteiger partial charge is 0.489 e. The van der Waals surface area contributed by atoms with E-state index in [9.17, 15) is 9.18 Å². The maximum Gasteiger partial charge on any atom is 0.243 e. The number of carbonyl (C=O) groups is 1. The molecule has 1 aliphatic heterocycles. The van der Waals surface area contributed by atoms with E-state index in [0.717, 1.165) is 5.69 Å². The van der Waals surface area contributed by atoms with Crippen LogP contribution in [0.2, 0.25) is 0 Å². The zero-order chi connectivity index (χ0) is 15.5. The molecule has 0 saturated heterocycles. The highest BCUT2D eigenvalue weighted by molar-refractivity contribution is 5.94. The molecule has 0 atom stereocenters. The van der Waals surface area contributed by atoms with Crippen LogP contribution in [0.1, 0.15) is 0 Å². The topological polar surface area (TPSA) is 67.6 Å². The van der Waals surface area contributed by atoms with Gasteiger partial charge in [-0.25, -0.2) is 4.39 Å². The number of fused-ring (bicyclic) bond motifs is 1. The molecule has 1 amide bonds. The Hall–Kier alpha value is -2.76. The fourth-order valence-electron chi connectivity index (χ4n) is 2.37. The van der Waals surface area contributed by atoms with Crippen LogP contribution in [0.3, 0.4) is 0 Å². The maximum atomic E-state index is 12.8. The van der Waals surface area contributed by atoms with Gasteiger partial charge in [-0.2, -0.15) is 0 Å². The van der Waals surface area contributed by atoms with Crippen molar-refractivity contribution in [1.29, 1.82) is 0 Å². The van der Waals surface area contributed by atoms with E-state index in [1.165, 1.54) is 24.3 Å². The van der Waals surface area contributed by atoms with E-state index in [1.807, 2.05) is 11.0 Å². The first kappa shape index (κ1) is 14.2. The van der Waals surface area contributed by atoms with Gasteiger partial charge in [0.15, 0.2) is 0 Å². The number of nitrogens with zero attached hydrogens (tertiary/aromatic N) is 1. The van der Waals surface area contributed by atoms with Crippen LogP contribution in [0, 0.1) is 5.82 Å². The van der Waals surface area contributed by atoms with Crippen molar-refractivity contribution in [3.63, 3.8) is 0 Å². The molecule has 3 rings (SSSR count). The minimum atomic E-state index is -0.335. The predicted octanol–water partition coefficient (Wildman–Crippen LogP) is 2.25. The molecule has 0 unspecified atom stereocenters. The minimum Gasteiger partial charge on any atom is -0.489 e. The molecular weight excluding hydrogens is 285 g/mol. The van der Waals surface area contributed by atoms with Crippen LogP contribution in [-0.4, -0.2) is 25.6 Å². The number of nitrogens with two attached hydrogens (primary N) is 1. The molecule has 0 aliphatic carbocycles. The Kier molecular flexibility index (Phi) is 3.82. The van der Waals surface area contributed by atoms with Crippen molar-refractivity contribution < 1.29 is 13.9 Å². The van der Waals surface area contributed by atoms with Gasteiger partial charge >= 0.3 is 0 Å². The van der Waals surface area contributed by atoms with Crippen molar-refractivity contribution in [3.05, 3.63) is 48.3 Å². The number of ether oxygens (including phenoxy) is 1. The third-order valence-electron chi connectivity index (χ3n) is 3.41. The molecule has 22 heavy (non-hydrogen) atoms. The zero-order valence-corrected chi connectivity index (χ0v) is 11.9. The van der Waals surface area contributed by atoms with Crippen LogP contribution in [0.15, 0.2) is 42.5 Å². The molecule has 5 nitrogen and oxygen atoms in total. The third kappa shape index (κ3) is 3.11. The summed E-state index contributed by atoms with van der Waals surface area (Å²) in [5, 5.41) is 2.75. The first-order valence-corrected chi connectivity index (χ1v) is 6.94. The lowest BCUT2D eigenvalue weighted by Gasteiger charge is -2.30. The van der Waals surface area contributed by atoms with E-state index in [1.54, 1.807) is 12.1 Å². The summed E-state index contributed by atoms with van der Waals surface area (Å²) < 4.78 is 18.4. The van der Waals surface area contributed by atoms with Gasteiger partial charge in [-0.05, 0) is 36.4 Å². The number of hydrogen-bond donors (Lipinski definition) is 2. The number of nitrogen functional groups attached to an aromatic ring is 1. The summed E-state index contributed by atoms with van der Waals surface area (Å²) in [5.74, 6) is 0.176. The molecule has 3 N–H and O–H groups in total. The van der Waals surface area contributed by atoms with Gasteiger partial charge in [0.25, 0.3) is 0 Å². The van der Waals surface area contributed by atoms with E-state index in [-0.39, 0.29) is 18.3 Å². The van der Waals surface area contributed by atoms with E-state index in [2.05, 4.69) is 5.32 Å². The molecule has 114 valence electrons. The molecule has 0 fully saturated rings.